The first kappa shape index (κ1) is 13.6. The zero-order valence-electron chi connectivity index (χ0n) is 11.3. The minimum Gasteiger partial charge on any atom is -0.380 e. The highest BCUT2D eigenvalue weighted by Crippen LogP contribution is 2.12. The van der Waals surface area contributed by atoms with Crippen molar-refractivity contribution in [3.8, 4) is 11.8 Å². The van der Waals surface area contributed by atoms with Gasteiger partial charge in [-0.1, -0.05) is 49.8 Å². The summed E-state index contributed by atoms with van der Waals surface area (Å²) >= 11 is 0. The van der Waals surface area contributed by atoms with Gasteiger partial charge in [-0.15, -0.1) is 0 Å². The predicted octanol–water partition coefficient (Wildman–Crippen LogP) is 3.53. The van der Waals surface area contributed by atoms with Crippen LogP contribution in [0.25, 0.3) is 10.9 Å². The lowest BCUT2D eigenvalue weighted by molar-refractivity contribution is 0.217. The fourth-order valence-electron chi connectivity index (χ4n) is 1.97. The fraction of sp³-hybridized carbons (Fsp3) is 0.353. The van der Waals surface area contributed by atoms with Crippen molar-refractivity contribution in [1.82, 2.24) is 4.98 Å². The lowest BCUT2D eigenvalue weighted by Gasteiger charge is -2.01. The first-order chi connectivity index (χ1) is 9.29. The Labute approximate surface area is 114 Å². The quantitative estimate of drug-likeness (QED) is 0.668. The van der Waals surface area contributed by atoms with Crippen LogP contribution in [0.3, 0.4) is 0 Å². The van der Waals surface area contributed by atoms with Crippen molar-refractivity contribution in [1.29, 1.82) is 0 Å². The van der Waals surface area contributed by atoms with Crippen molar-refractivity contribution in [2.24, 2.45) is 0 Å². The molecule has 0 fully saturated rings. The Kier molecular flexibility index (Phi) is 4.94. The highest BCUT2D eigenvalue weighted by molar-refractivity contribution is 5.79. The summed E-state index contributed by atoms with van der Waals surface area (Å²) in [5.41, 5.74) is 1.82. The van der Waals surface area contributed by atoms with Crippen molar-refractivity contribution in [2.75, 3.05) is 0 Å². The van der Waals surface area contributed by atoms with Crippen LogP contribution in [0.4, 0.5) is 0 Å². The Morgan fingerprint density at radius 2 is 2.11 bits per heavy atom. The van der Waals surface area contributed by atoms with Gasteiger partial charge in [-0.25, -0.2) is 0 Å². The molecule has 1 aromatic carbocycles. The van der Waals surface area contributed by atoms with E-state index in [-0.39, 0.29) is 0 Å². The highest BCUT2D eigenvalue weighted by Gasteiger charge is 1.98. The average Bonchev–Trinajstić information content (AvgIpc) is 2.45. The van der Waals surface area contributed by atoms with E-state index in [1.54, 1.807) is 6.20 Å². The molecule has 98 valence electrons. The number of rotatable bonds is 4. The van der Waals surface area contributed by atoms with Gasteiger partial charge in [0, 0.05) is 17.1 Å². The second-order valence-corrected chi connectivity index (χ2v) is 4.70. The van der Waals surface area contributed by atoms with Gasteiger partial charge >= 0.3 is 0 Å². The summed E-state index contributed by atoms with van der Waals surface area (Å²) in [6.07, 6.45) is 5.32. The molecule has 1 heterocycles. The number of aliphatic hydroxyl groups is 1. The number of unbranched alkanes of at least 4 members (excludes halogenated alkanes) is 2. The van der Waals surface area contributed by atoms with E-state index < -0.39 is 6.10 Å². The number of para-hydroxylation sites is 1. The Balaban J connectivity index is 2.05. The lowest BCUT2D eigenvalue weighted by atomic mass is 10.1. The maximum atomic E-state index is 9.76. The van der Waals surface area contributed by atoms with E-state index in [9.17, 15) is 5.11 Å². The van der Waals surface area contributed by atoms with Gasteiger partial charge in [0.05, 0.1) is 5.52 Å². The minimum atomic E-state index is -0.530. The van der Waals surface area contributed by atoms with E-state index in [4.69, 9.17) is 0 Å². The van der Waals surface area contributed by atoms with E-state index in [2.05, 4.69) is 23.7 Å². The topological polar surface area (TPSA) is 33.1 Å². The zero-order chi connectivity index (χ0) is 13.5. The molecule has 0 spiro atoms. The van der Waals surface area contributed by atoms with E-state index in [0.717, 1.165) is 42.1 Å². The van der Waals surface area contributed by atoms with Gasteiger partial charge < -0.3 is 5.11 Å². The van der Waals surface area contributed by atoms with Crippen LogP contribution in [0.5, 0.6) is 0 Å². The number of pyridine rings is 1. The van der Waals surface area contributed by atoms with Crippen molar-refractivity contribution in [3.05, 3.63) is 42.1 Å². The van der Waals surface area contributed by atoms with E-state index in [0.29, 0.717) is 0 Å². The molecule has 1 aromatic heterocycles. The van der Waals surface area contributed by atoms with Crippen molar-refractivity contribution in [2.45, 2.75) is 38.7 Å². The molecule has 2 aromatic rings. The molecule has 0 bridgehead atoms. The van der Waals surface area contributed by atoms with Gasteiger partial charge in [0.1, 0.15) is 6.10 Å². The summed E-state index contributed by atoms with van der Waals surface area (Å²) in [5.74, 6) is 5.89. The van der Waals surface area contributed by atoms with Crippen LogP contribution in [-0.2, 0) is 0 Å². The third-order valence-corrected chi connectivity index (χ3v) is 3.05. The third kappa shape index (κ3) is 4.08. The Morgan fingerprint density at radius 3 is 2.95 bits per heavy atom. The number of aromatic nitrogens is 1. The van der Waals surface area contributed by atoms with Gasteiger partial charge in [0.25, 0.3) is 0 Å². The Bertz CT molecular complexity index is 595. The third-order valence-electron chi connectivity index (χ3n) is 3.05. The van der Waals surface area contributed by atoms with Gasteiger partial charge in [0.15, 0.2) is 0 Å². The minimum absolute atomic E-state index is 0.530. The molecule has 2 heteroatoms. The molecule has 2 nitrogen and oxygen atoms in total. The van der Waals surface area contributed by atoms with Crippen molar-refractivity contribution >= 4 is 10.9 Å². The van der Waals surface area contributed by atoms with Gasteiger partial charge in [0.2, 0.25) is 0 Å². The molecular formula is C17H19NO. The summed E-state index contributed by atoms with van der Waals surface area (Å²) in [7, 11) is 0. The molecule has 2 rings (SSSR count). The maximum absolute atomic E-state index is 9.76. The molecule has 0 saturated heterocycles. The predicted molar refractivity (Wildman–Crippen MR) is 78.8 cm³/mol. The fourth-order valence-corrected chi connectivity index (χ4v) is 1.97. The van der Waals surface area contributed by atoms with E-state index >= 15 is 0 Å². The van der Waals surface area contributed by atoms with Gasteiger partial charge in [-0.3, -0.25) is 4.98 Å². The maximum Gasteiger partial charge on any atom is 0.115 e. The van der Waals surface area contributed by atoms with Gasteiger partial charge in [-0.05, 0) is 25.0 Å². The van der Waals surface area contributed by atoms with Gasteiger partial charge in [-0.2, -0.15) is 0 Å². The Hall–Kier alpha value is -1.85. The molecule has 1 atom stereocenters. The molecule has 0 aliphatic heterocycles. The second-order valence-electron chi connectivity index (χ2n) is 4.70. The van der Waals surface area contributed by atoms with Crippen LogP contribution in [-0.4, -0.2) is 16.2 Å². The molecule has 1 unspecified atom stereocenters. The largest absolute Gasteiger partial charge is 0.380 e. The number of benzene rings is 1. The standard InChI is InChI=1S/C17H19NO/c1-2-3-4-8-16(19)11-10-14-12-15-7-5-6-9-17(15)18-13-14/h5-7,9,12-13,16,19H,2-4,8H2,1H3. The molecule has 0 radical (unpaired) electrons. The molecule has 0 aliphatic rings. The van der Waals surface area contributed by atoms with Crippen LogP contribution in [0.15, 0.2) is 36.5 Å². The molecular weight excluding hydrogens is 234 g/mol. The van der Waals surface area contributed by atoms with Crippen LogP contribution in [0, 0.1) is 11.8 Å². The van der Waals surface area contributed by atoms with Crippen molar-refractivity contribution in [3.63, 3.8) is 0 Å². The van der Waals surface area contributed by atoms with E-state index in [1.807, 2.05) is 30.3 Å². The normalized spacial score (nSPS) is 11.9. The molecule has 1 N–H and O–H groups in total. The average molecular weight is 253 g/mol. The summed E-state index contributed by atoms with van der Waals surface area (Å²) in [4.78, 5) is 4.35. The molecule has 0 amide bonds. The van der Waals surface area contributed by atoms with Crippen LogP contribution < -0.4 is 0 Å². The first-order valence-electron chi connectivity index (χ1n) is 6.84. The second kappa shape index (κ2) is 6.92. The molecule has 0 saturated carbocycles. The van der Waals surface area contributed by atoms with Crippen LogP contribution in [0.1, 0.15) is 38.2 Å². The number of fused-ring (bicyclic) bond motifs is 1. The SMILES string of the molecule is CCCCCC(O)C#Cc1cnc2ccccc2c1. The monoisotopic (exact) mass is 253 g/mol. The first-order valence-corrected chi connectivity index (χ1v) is 6.84. The summed E-state index contributed by atoms with van der Waals surface area (Å²) in [6.45, 7) is 2.15. The van der Waals surface area contributed by atoms with Crippen LogP contribution in [0.2, 0.25) is 0 Å². The smallest absolute Gasteiger partial charge is 0.115 e. The Morgan fingerprint density at radius 1 is 1.26 bits per heavy atom. The van der Waals surface area contributed by atoms with E-state index in [1.165, 1.54) is 0 Å². The van der Waals surface area contributed by atoms with Crippen molar-refractivity contribution < 1.29 is 5.11 Å². The number of hydrogen-bond donors (Lipinski definition) is 1. The summed E-state index contributed by atoms with van der Waals surface area (Å²) in [6, 6.07) is 9.96. The number of aliphatic hydroxyl groups excluding tert-OH is 1. The molecule has 0 aliphatic carbocycles. The summed E-state index contributed by atoms with van der Waals surface area (Å²) in [5, 5.41) is 10.8. The number of nitrogens with zero attached hydrogens (tertiary/aromatic N) is 1. The zero-order valence-corrected chi connectivity index (χ0v) is 11.3. The lowest BCUT2D eigenvalue weighted by Crippen LogP contribution is -2.02. The highest BCUT2D eigenvalue weighted by atomic mass is 16.3. The van der Waals surface area contributed by atoms with Crippen LogP contribution >= 0.6 is 0 Å². The molecule has 19 heavy (non-hydrogen) atoms. The number of hydrogen-bond acceptors (Lipinski definition) is 2. The summed E-state index contributed by atoms with van der Waals surface area (Å²) < 4.78 is 0.